The molecular formula is C11H15BrO. The third kappa shape index (κ3) is 3.81. The van der Waals surface area contributed by atoms with Gasteiger partial charge in [-0.1, -0.05) is 40.5 Å². The van der Waals surface area contributed by atoms with Crippen LogP contribution in [-0.2, 0) is 0 Å². The number of aryl methyl sites for hydroxylation is 1. The Balaban J connectivity index is 2.41. The van der Waals surface area contributed by atoms with Crippen molar-refractivity contribution in [3.8, 4) is 5.75 Å². The van der Waals surface area contributed by atoms with Crippen molar-refractivity contribution in [2.75, 3.05) is 11.9 Å². The molecule has 72 valence electrons. The van der Waals surface area contributed by atoms with Crippen LogP contribution in [-0.4, -0.2) is 11.9 Å². The first-order valence-electron chi connectivity index (χ1n) is 4.48. The van der Waals surface area contributed by atoms with E-state index in [2.05, 4.69) is 41.9 Å². The van der Waals surface area contributed by atoms with Gasteiger partial charge in [-0.05, 0) is 25.0 Å². The lowest BCUT2D eigenvalue weighted by molar-refractivity contribution is 0.274. The third-order valence-corrected chi connectivity index (χ3v) is 2.92. The second-order valence-electron chi connectivity index (χ2n) is 3.38. The summed E-state index contributed by atoms with van der Waals surface area (Å²) in [6.45, 7) is 5.00. The molecule has 0 saturated heterocycles. The van der Waals surface area contributed by atoms with E-state index in [1.165, 1.54) is 5.56 Å². The van der Waals surface area contributed by atoms with Crippen LogP contribution in [0.2, 0.25) is 0 Å². The molecule has 0 spiro atoms. The van der Waals surface area contributed by atoms with Crippen LogP contribution in [0.5, 0.6) is 5.75 Å². The topological polar surface area (TPSA) is 9.23 Å². The van der Waals surface area contributed by atoms with Crippen LogP contribution in [0.15, 0.2) is 24.3 Å². The maximum Gasteiger partial charge on any atom is 0.119 e. The molecule has 0 aliphatic rings. The van der Waals surface area contributed by atoms with Gasteiger partial charge in [0, 0.05) is 5.33 Å². The summed E-state index contributed by atoms with van der Waals surface area (Å²) in [6.07, 6.45) is 0. The summed E-state index contributed by atoms with van der Waals surface area (Å²) >= 11 is 3.42. The highest BCUT2D eigenvalue weighted by atomic mass is 79.9. The number of alkyl halides is 1. The van der Waals surface area contributed by atoms with E-state index >= 15 is 0 Å². The zero-order valence-corrected chi connectivity index (χ0v) is 9.67. The minimum atomic E-state index is 0.557. The summed E-state index contributed by atoms with van der Waals surface area (Å²) in [6, 6.07) is 8.15. The number of benzene rings is 1. The smallest absolute Gasteiger partial charge is 0.119 e. The van der Waals surface area contributed by atoms with E-state index in [-0.39, 0.29) is 0 Å². The molecule has 0 bridgehead atoms. The quantitative estimate of drug-likeness (QED) is 0.736. The lowest BCUT2D eigenvalue weighted by Crippen LogP contribution is -2.09. The summed E-state index contributed by atoms with van der Waals surface area (Å²) in [5.41, 5.74) is 1.26. The second-order valence-corrected chi connectivity index (χ2v) is 4.03. The summed E-state index contributed by atoms with van der Waals surface area (Å²) < 4.78 is 5.58. The van der Waals surface area contributed by atoms with Crippen molar-refractivity contribution in [3.05, 3.63) is 29.8 Å². The van der Waals surface area contributed by atoms with E-state index in [0.29, 0.717) is 5.92 Å². The molecule has 1 aromatic rings. The van der Waals surface area contributed by atoms with Gasteiger partial charge in [-0.25, -0.2) is 0 Å². The monoisotopic (exact) mass is 242 g/mol. The van der Waals surface area contributed by atoms with Crippen LogP contribution in [0.4, 0.5) is 0 Å². The SMILES string of the molecule is Cc1ccc(OCC(C)CBr)cc1. The highest BCUT2D eigenvalue weighted by molar-refractivity contribution is 9.09. The number of ether oxygens (including phenoxy) is 1. The molecule has 1 rings (SSSR count). The van der Waals surface area contributed by atoms with Gasteiger partial charge in [0.2, 0.25) is 0 Å². The van der Waals surface area contributed by atoms with E-state index in [1.807, 2.05) is 12.1 Å². The molecule has 0 amide bonds. The zero-order chi connectivity index (χ0) is 9.68. The first kappa shape index (κ1) is 10.6. The summed E-state index contributed by atoms with van der Waals surface area (Å²) in [7, 11) is 0. The second kappa shape index (κ2) is 5.28. The number of hydrogen-bond acceptors (Lipinski definition) is 1. The van der Waals surface area contributed by atoms with E-state index in [4.69, 9.17) is 4.74 Å². The fraction of sp³-hybridized carbons (Fsp3) is 0.455. The predicted octanol–water partition coefficient (Wildman–Crippen LogP) is 3.40. The Kier molecular flexibility index (Phi) is 4.29. The molecule has 0 heterocycles. The minimum absolute atomic E-state index is 0.557. The lowest BCUT2D eigenvalue weighted by atomic mass is 10.2. The van der Waals surface area contributed by atoms with Crippen LogP contribution in [0.3, 0.4) is 0 Å². The van der Waals surface area contributed by atoms with Gasteiger partial charge >= 0.3 is 0 Å². The summed E-state index contributed by atoms with van der Waals surface area (Å²) in [5.74, 6) is 1.51. The lowest BCUT2D eigenvalue weighted by Gasteiger charge is -2.10. The fourth-order valence-electron chi connectivity index (χ4n) is 0.918. The van der Waals surface area contributed by atoms with Gasteiger partial charge < -0.3 is 4.74 Å². The van der Waals surface area contributed by atoms with Gasteiger partial charge in [0.25, 0.3) is 0 Å². The molecule has 1 aromatic carbocycles. The van der Waals surface area contributed by atoms with Crippen molar-refractivity contribution in [1.82, 2.24) is 0 Å². The molecule has 2 heteroatoms. The molecule has 1 unspecified atom stereocenters. The first-order valence-corrected chi connectivity index (χ1v) is 5.60. The van der Waals surface area contributed by atoms with Crippen LogP contribution in [0.25, 0.3) is 0 Å². The Bertz CT molecular complexity index is 243. The fourth-order valence-corrected chi connectivity index (χ4v) is 1.10. The molecule has 0 fully saturated rings. The largest absolute Gasteiger partial charge is 0.493 e. The number of hydrogen-bond donors (Lipinski definition) is 0. The van der Waals surface area contributed by atoms with Gasteiger partial charge in [-0.2, -0.15) is 0 Å². The molecule has 0 aliphatic heterocycles. The molecule has 13 heavy (non-hydrogen) atoms. The van der Waals surface area contributed by atoms with E-state index < -0.39 is 0 Å². The van der Waals surface area contributed by atoms with E-state index in [1.54, 1.807) is 0 Å². The van der Waals surface area contributed by atoms with Gasteiger partial charge in [0.15, 0.2) is 0 Å². The van der Waals surface area contributed by atoms with Crippen molar-refractivity contribution in [1.29, 1.82) is 0 Å². The van der Waals surface area contributed by atoms with Gasteiger partial charge in [0.05, 0.1) is 6.61 Å². The van der Waals surface area contributed by atoms with Crippen molar-refractivity contribution in [3.63, 3.8) is 0 Å². The average molecular weight is 243 g/mol. The van der Waals surface area contributed by atoms with E-state index in [0.717, 1.165) is 17.7 Å². The molecule has 0 aliphatic carbocycles. The maximum absolute atomic E-state index is 5.58. The number of halogens is 1. The average Bonchev–Trinajstić information content (AvgIpc) is 2.16. The normalized spacial score (nSPS) is 12.5. The molecular weight excluding hydrogens is 228 g/mol. The highest BCUT2D eigenvalue weighted by Gasteiger charge is 2.00. The van der Waals surface area contributed by atoms with Crippen LogP contribution in [0.1, 0.15) is 12.5 Å². The summed E-state index contributed by atoms with van der Waals surface area (Å²) in [5, 5.41) is 0.985. The Hall–Kier alpha value is -0.500. The highest BCUT2D eigenvalue weighted by Crippen LogP contribution is 2.12. The molecule has 0 aromatic heterocycles. The Labute approximate surface area is 88.2 Å². The van der Waals surface area contributed by atoms with Crippen molar-refractivity contribution in [2.45, 2.75) is 13.8 Å². The Morgan fingerprint density at radius 2 is 1.92 bits per heavy atom. The van der Waals surface area contributed by atoms with Gasteiger partial charge in [0.1, 0.15) is 5.75 Å². The maximum atomic E-state index is 5.58. The Morgan fingerprint density at radius 1 is 1.31 bits per heavy atom. The Morgan fingerprint density at radius 3 is 2.46 bits per heavy atom. The molecule has 0 radical (unpaired) electrons. The standard InChI is InChI=1S/C11H15BrO/c1-9-3-5-11(6-4-9)13-8-10(2)7-12/h3-6,10H,7-8H2,1-2H3. The van der Waals surface area contributed by atoms with Gasteiger partial charge in [-0.3, -0.25) is 0 Å². The summed E-state index contributed by atoms with van der Waals surface area (Å²) in [4.78, 5) is 0. The zero-order valence-electron chi connectivity index (χ0n) is 8.09. The third-order valence-electron chi connectivity index (χ3n) is 1.82. The van der Waals surface area contributed by atoms with Crippen molar-refractivity contribution < 1.29 is 4.74 Å². The van der Waals surface area contributed by atoms with Gasteiger partial charge in [-0.15, -0.1) is 0 Å². The first-order chi connectivity index (χ1) is 6.22. The van der Waals surface area contributed by atoms with Crippen LogP contribution < -0.4 is 4.74 Å². The van der Waals surface area contributed by atoms with Crippen LogP contribution in [0, 0.1) is 12.8 Å². The minimum Gasteiger partial charge on any atom is -0.493 e. The van der Waals surface area contributed by atoms with Crippen LogP contribution >= 0.6 is 15.9 Å². The molecule has 1 nitrogen and oxygen atoms in total. The molecule has 0 N–H and O–H groups in total. The van der Waals surface area contributed by atoms with E-state index in [9.17, 15) is 0 Å². The molecule has 1 atom stereocenters. The predicted molar refractivity (Wildman–Crippen MR) is 59.6 cm³/mol. The molecule has 0 saturated carbocycles. The van der Waals surface area contributed by atoms with Crippen molar-refractivity contribution in [2.24, 2.45) is 5.92 Å². The van der Waals surface area contributed by atoms with Crippen molar-refractivity contribution >= 4 is 15.9 Å². The number of rotatable bonds is 4.